The van der Waals surface area contributed by atoms with Gasteiger partial charge in [-0.2, -0.15) is 10.1 Å². The van der Waals surface area contributed by atoms with Crippen molar-refractivity contribution in [2.45, 2.75) is 25.3 Å². The van der Waals surface area contributed by atoms with Gasteiger partial charge < -0.3 is 16.4 Å². The predicted octanol–water partition coefficient (Wildman–Crippen LogP) is 1.40. The molecule has 4 rings (SSSR count). The number of nitrogens with zero attached hydrogens (tertiary/aromatic N) is 4. The molecule has 0 unspecified atom stereocenters. The third-order valence-electron chi connectivity index (χ3n) is 5.25. The van der Waals surface area contributed by atoms with Gasteiger partial charge in [0.1, 0.15) is 0 Å². The fourth-order valence-corrected chi connectivity index (χ4v) is 4.21. The zero-order valence-electron chi connectivity index (χ0n) is 13.8. The highest BCUT2D eigenvalue weighted by molar-refractivity contribution is 5.79. The van der Waals surface area contributed by atoms with Crippen molar-refractivity contribution in [3.8, 4) is 0 Å². The molecule has 8 nitrogen and oxygen atoms in total. The van der Waals surface area contributed by atoms with Crippen LogP contribution in [0, 0.1) is 23.6 Å². The van der Waals surface area contributed by atoms with Crippen molar-refractivity contribution in [1.82, 2.24) is 19.7 Å². The summed E-state index contributed by atoms with van der Waals surface area (Å²) in [4.78, 5) is 20.0. The second-order valence-electron chi connectivity index (χ2n) is 6.85. The Balaban J connectivity index is 1.55. The number of rotatable bonds is 5. The van der Waals surface area contributed by atoms with Gasteiger partial charge in [-0.25, -0.2) is 9.37 Å². The van der Waals surface area contributed by atoms with E-state index in [1.54, 1.807) is 24.1 Å². The summed E-state index contributed by atoms with van der Waals surface area (Å²) in [6.07, 6.45) is 7.49. The summed E-state index contributed by atoms with van der Waals surface area (Å²) >= 11 is 0. The maximum absolute atomic E-state index is 14.2. The lowest BCUT2D eigenvalue weighted by Crippen LogP contribution is -2.42. The van der Waals surface area contributed by atoms with Crippen LogP contribution >= 0.6 is 0 Å². The molecule has 2 saturated carbocycles. The molecule has 2 aliphatic rings. The minimum atomic E-state index is -0.553. The van der Waals surface area contributed by atoms with Crippen LogP contribution in [0.15, 0.2) is 18.6 Å². The second kappa shape index (κ2) is 5.98. The lowest BCUT2D eigenvalue weighted by Gasteiger charge is -2.30. The number of aromatic nitrogens is 4. The number of primary amides is 1. The molecule has 2 aromatic rings. The summed E-state index contributed by atoms with van der Waals surface area (Å²) in [7, 11) is 1.79. The van der Waals surface area contributed by atoms with E-state index in [1.165, 1.54) is 0 Å². The van der Waals surface area contributed by atoms with Gasteiger partial charge in [-0.15, -0.1) is 0 Å². The summed E-state index contributed by atoms with van der Waals surface area (Å²) in [5, 5.41) is 10.1. The normalized spacial score (nSPS) is 27.4. The molecule has 0 aliphatic heterocycles. The third kappa shape index (κ3) is 2.90. The van der Waals surface area contributed by atoms with Gasteiger partial charge in [0.05, 0.1) is 24.0 Å². The van der Waals surface area contributed by atoms with Gasteiger partial charge in [-0.05, 0) is 31.1 Å². The number of carbonyl (C=O) groups is 1. The van der Waals surface area contributed by atoms with Crippen LogP contribution < -0.4 is 16.4 Å². The minimum absolute atomic E-state index is 0.0881. The van der Waals surface area contributed by atoms with Crippen molar-refractivity contribution >= 4 is 23.4 Å². The van der Waals surface area contributed by atoms with Gasteiger partial charge in [-0.3, -0.25) is 9.48 Å². The Morgan fingerprint density at radius 2 is 2.16 bits per heavy atom. The summed E-state index contributed by atoms with van der Waals surface area (Å²) in [6.45, 7) is 0. The maximum Gasteiger partial charge on any atom is 0.229 e. The Morgan fingerprint density at radius 3 is 2.88 bits per heavy atom. The van der Waals surface area contributed by atoms with Crippen molar-refractivity contribution in [2.24, 2.45) is 30.5 Å². The first kappa shape index (κ1) is 15.8. The molecule has 2 aromatic heterocycles. The van der Waals surface area contributed by atoms with E-state index in [-0.39, 0.29) is 35.6 Å². The molecule has 0 saturated heterocycles. The maximum atomic E-state index is 14.2. The van der Waals surface area contributed by atoms with Crippen LogP contribution in [-0.4, -0.2) is 31.7 Å². The number of hydrogen-bond donors (Lipinski definition) is 3. The van der Waals surface area contributed by atoms with Gasteiger partial charge >= 0.3 is 0 Å². The Morgan fingerprint density at radius 1 is 1.36 bits per heavy atom. The first-order chi connectivity index (χ1) is 12.0. The molecule has 132 valence electrons. The van der Waals surface area contributed by atoms with Gasteiger partial charge in [-0.1, -0.05) is 0 Å². The van der Waals surface area contributed by atoms with Crippen LogP contribution in [0.25, 0.3) is 0 Å². The van der Waals surface area contributed by atoms with E-state index in [0.717, 1.165) is 25.5 Å². The molecule has 2 heterocycles. The molecule has 0 aromatic carbocycles. The monoisotopic (exact) mass is 345 g/mol. The number of aryl methyl sites for hydroxylation is 1. The van der Waals surface area contributed by atoms with E-state index in [0.29, 0.717) is 11.6 Å². The van der Waals surface area contributed by atoms with Gasteiger partial charge in [0.15, 0.2) is 11.6 Å². The molecular formula is C16H20FN7O. The molecule has 2 fully saturated rings. The lowest BCUT2D eigenvalue weighted by atomic mass is 9.84. The zero-order valence-corrected chi connectivity index (χ0v) is 13.8. The van der Waals surface area contributed by atoms with E-state index in [4.69, 9.17) is 5.73 Å². The lowest BCUT2D eigenvalue weighted by molar-refractivity contribution is -0.123. The highest BCUT2D eigenvalue weighted by atomic mass is 19.1. The van der Waals surface area contributed by atoms with E-state index < -0.39 is 5.82 Å². The fraction of sp³-hybridized carbons (Fsp3) is 0.500. The molecule has 25 heavy (non-hydrogen) atoms. The third-order valence-corrected chi connectivity index (χ3v) is 5.25. The van der Waals surface area contributed by atoms with E-state index in [1.807, 2.05) is 0 Å². The number of amides is 1. The highest BCUT2D eigenvalue weighted by Crippen LogP contribution is 2.49. The molecule has 2 bridgehead atoms. The van der Waals surface area contributed by atoms with Gasteiger partial charge in [0, 0.05) is 19.3 Å². The Hall–Kier alpha value is -2.71. The molecule has 0 radical (unpaired) electrons. The molecule has 1 amide bonds. The standard InChI is InChI=1S/C16H20FN7O/c1-24-7-10(5-20-24)21-16-19-6-11(17)15(23-16)22-13-9-3-2-8(4-9)12(13)14(18)25/h5-9,12-13H,2-4H2,1H3,(H2,18,25)(H2,19,21,22,23)/t8-,9+,12+,13-/m1/s1. The second-order valence-corrected chi connectivity index (χ2v) is 6.85. The van der Waals surface area contributed by atoms with E-state index in [2.05, 4.69) is 25.7 Å². The van der Waals surface area contributed by atoms with Crippen LogP contribution in [0.4, 0.5) is 21.8 Å². The predicted molar refractivity (Wildman–Crippen MR) is 89.4 cm³/mol. The number of hydrogen-bond acceptors (Lipinski definition) is 6. The van der Waals surface area contributed by atoms with Crippen molar-refractivity contribution in [2.75, 3.05) is 10.6 Å². The van der Waals surface area contributed by atoms with Crippen molar-refractivity contribution < 1.29 is 9.18 Å². The Kier molecular flexibility index (Phi) is 3.78. The Bertz CT molecular complexity index is 808. The smallest absolute Gasteiger partial charge is 0.229 e. The SMILES string of the molecule is Cn1cc(Nc2ncc(F)c(N[C@@H]3[C@H]4CC[C@H](C4)[C@@H]3C(N)=O)n2)cn1. The zero-order chi connectivity index (χ0) is 17.6. The topological polar surface area (TPSA) is 111 Å². The number of carbonyl (C=O) groups excluding carboxylic acids is 1. The van der Waals surface area contributed by atoms with Crippen LogP contribution in [0.3, 0.4) is 0 Å². The summed E-state index contributed by atoms with van der Waals surface area (Å²) < 4.78 is 15.8. The molecule has 0 spiro atoms. The number of nitrogens with one attached hydrogen (secondary N) is 2. The number of nitrogens with two attached hydrogens (primary N) is 1. The largest absolute Gasteiger partial charge is 0.369 e. The molecular weight excluding hydrogens is 325 g/mol. The van der Waals surface area contributed by atoms with E-state index >= 15 is 0 Å². The van der Waals surface area contributed by atoms with Crippen LogP contribution in [0.2, 0.25) is 0 Å². The molecule has 4 N–H and O–H groups in total. The van der Waals surface area contributed by atoms with Crippen LogP contribution in [0.5, 0.6) is 0 Å². The minimum Gasteiger partial charge on any atom is -0.369 e. The van der Waals surface area contributed by atoms with Crippen molar-refractivity contribution in [3.05, 3.63) is 24.4 Å². The van der Waals surface area contributed by atoms with Crippen molar-refractivity contribution in [3.63, 3.8) is 0 Å². The fourth-order valence-electron chi connectivity index (χ4n) is 4.21. The Labute approximate surface area is 144 Å². The summed E-state index contributed by atoms with van der Waals surface area (Å²) in [6, 6.07) is -0.174. The number of fused-ring (bicyclic) bond motifs is 2. The van der Waals surface area contributed by atoms with Crippen LogP contribution in [-0.2, 0) is 11.8 Å². The average molecular weight is 345 g/mol. The van der Waals surface area contributed by atoms with Gasteiger partial charge in [0.2, 0.25) is 11.9 Å². The van der Waals surface area contributed by atoms with Crippen LogP contribution in [0.1, 0.15) is 19.3 Å². The van der Waals surface area contributed by atoms with E-state index in [9.17, 15) is 9.18 Å². The quantitative estimate of drug-likeness (QED) is 0.755. The summed E-state index contributed by atoms with van der Waals surface area (Å²) in [5.41, 5.74) is 6.28. The highest BCUT2D eigenvalue weighted by Gasteiger charge is 2.50. The summed E-state index contributed by atoms with van der Waals surface area (Å²) in [5.74, 6) is -0.191. The van der Waals surface area contributed by atoms with Crippen molar-refractivity contribution in [1.29, 1.82) is 0 Å². The molecule has 4 atom stereocenters. The number of anilines is 3. The molecule has 9 heteroatoms. The average Bonchev–Trinajstić information content (AvgIpc) is 3.26. The molecule has 2 aliphatic carbocycles. The first-order valence-corrected chi connectivity index (χ1v) is 8.35. The first-order valence-electron chi connectivity index (χ1n) is 8.35. The van der Waals surface area contributed by atoms with Gasteiger partial charge in [0.25, 0.3) is 0 Å². The number of halogens is 1.